The first kappa shape index (κ1) is 20.0. The fourth-order valence-electron chi connectivity index (χ4n) is 3.10. The first-order valence-corrected chi connectivity index (χ1v) is 10.9. The molecule has 4 nitrogen and oxygen atoms in total. The number of rotatable bonds is 6. The number of hydrogen-bond acceptors (Lipinski definition) is 3. The minimum Gasteiger partial charge on any atom is -0.339 e. The van der Waals surface area contributed by atoms with E-state index < -0.39 is 0 Å². The Bertz CT molecular complexity index is 817. The molecule has 2 amide bonds. The van der Waals surface area contributed by atoms with E-state index in [2.05, 4.69) is 21.2 Å². The summed E-state index contributed by atoms with van der Waals surface area (Å²) in [6.45, 7) is 3.54. The van der Waals surface area contributed by atoms with Crippen molar-refractivity contribution in [3.05, 3.63) is 58.1 Å². The molecule has 3 rings (SSSR count). The summed E-state index contributed by atoms with van der Waals surface area (Å²) >= 11 is 5.07. The van der Waals surface area contributed by atoms with Gasteiger partial charge in [-0.05, 0) is 61.7 Å². The van der Waals surface area contributed by atoms with Gasteiger partial charge in [0.1, 0.15) is 0 Å². The number of carbonyl (C=O) groups excluding carboxylic acids is 2. The van der Waals surface area contributed by atoms with Gasteiger partial charge in [0.15, 0.2) is 0 Å². The van der Waals surface area contributed by atoms with Crippen molar-refractivity contribution in [2.24, 2.45) is 0 Å². The minimum atomic E-state index is -0.0338. The van der Waals surface area contributed by atoms with E-state index >= 15 is 0 Å². The van der Waals surface area contributed by atoms with Gasteiger partial charge in [0.05, 0.1) is 0 Å². The number of anilines is 1. The molecule has 0 spiro atoms. The number of amides is 2. The lowest BCUT2D eigenvalue weighted by Gasteiger charge is -2.18. The standard InChI is InChI=1S/C21H23BrN2O2S/c1-15-18(21(26)24-12-2-3-13-24)5-4-6-19(15)23-20(25)11-14-27-17-9-7-16(22)8-10-17/h4-10H,2-3,11-14H2,1H3,(H,23,25). The Hall–Kier alpha value is -1.79. The van der Waals surface area contributed by atoms with Crippen LogP contribution in [0.3, 0.4) is 0 Å². The van der Waals surface area contributed by atoms with E-state index in [1.54, 1.807) is 11.8 Å². The van der Waals surface area contributed by atoms with Gasteiger partial charge in [0, 0.05) is 45.9 Å². The molecule has 2 aromatic carbocycles. The Morgan fingerprint density at radius 2 is 1.81 bits per heavy atom. The molecule has 0 unspecified atom stereocenters. The van der Waals surface area contributed by atoms with Gasteiger partial charge >= 0.3 is 0 Å². The van der Waals surface area contributed by atoms with Crippen LogP contribution in [0.25, 0.3) is 0 Å². The van der Waals surface area contributed by atoms with Crippen LogP contribution in [0.2, 0.25) is 0 Å². The maximum Gasteiger partial charge on any atom is 0.254 e. The zero-order chi connectivity index (χ0) is 19.2. The normalized spacial score (nSPS) is 13.6. The second kappa shape index (κ2) is 9.42. The molecule has 6 heteroatoms. The number of nitrogens with one attached hydrogen (secondary N) is 1. The summed E-state index contributed by atoms with van der Waals surface area (Å²) in [5, 5.41) is 2.96. The Labute approximate surface area is 172 Å². The number of benzene rings is 2. The fourth-order valence-corrected chi connectivity index (χ4v) is 4.21. The van der Waals surface area contributed by atoms with E-state index in [0.717, 1.165) is 46.6 Å². The highest BCUT2D eigenvalue weighted by Crippen LogP contribution is 2.24. The third-order valence-corrected chi connectivity index (χ3v) is 6.19. The van der Waals surface area contributed by atoms with Crippen molar-refractivity contribution in [3.8, 4) is 0 Å². The second-order valence-corrected chi connectivity index (χ2v) is 8.66. The lowest BCUT2D eigenvalue weighted by molar-refractivity contribution is -0.115. The molecule has 1 N–H and O–H groups in total. The first-order chi connectivity index (χ1) is 13.0. The highest BCUT2D eigenvalue weighted by atomic mass is 79.9. The number of hydrogen-bond donors (Lipinski definition) is 1. The Morgan fingerprint density at radius 1 is 1.11 bits per heavy atom. The topological polar surface area (TPSA) is 49.4 Å². The number of halogens is 1. The average molecular weight is 447 g/mol. The van der Waals surface area contributed by atoms with Crippen LogP contribution in [-0.4, -0.2) is 35.6 Å². The van der Waals surface area contributed by atoms with Crippen LogP contribution < -0.4 is 5.32 Å². The minimum absolute atomic E-state index is 0.0338. The monoisotopic (exact) mass is 446 g/mol. The van der Waals surface area contributed by atoms with Crippen LogP contribution in [0.5, 0.6) is 0 Å². The van der Waals surface area contributed by atoms with E-state index in [9.17, 15) is 9.59 Å². The van der Waals surface area contributed by atoms with Crippen molar-refractivity contribution in [2.75, 3.05) is 24.2 Å². The van der Waals surface area contributed by atoms with Crippen LogP contribution in [0.1, 0.15) is 35.2 Å². The molecular formula is C21H23BrN2O2S. The first-order valence-electron chi connectivity index (χ1n) is 9.12. The fraction of sp³-hybridized carbons (Fsp3) is 0.333. The molecule has 0 atom stereocenters. The average Bonchev–Trinajstić information content (AvgIpc) is 3.19. The second-order valence-electron chi connectivity index (χ2n) is 6.58. The van der Waals surface area contributed by atoms with E-state index in [0.29, 0.717) is 17.7 Å². The van der Waals surface area contributed by atoms with Crippen LogP contribution in [0.15, 0.2) is 51.8 Å². The van der Waals surface area contributed by atoms with Gasteiger partial charge in [-0.15, -0.1) is 11.8 Å². The predicted octanol–water partition coefficient (Wildman–Crippen LogP) is 5.11. The molecule has 0 aromatic heterocycles. The molecule has 1 heterocycles. The smallest absolute Gasteiger partial charge is 0.254 e. The number of carbonyl (C=O) groups is 2. The Kier molecular flexibility index (Phi) is 6.96. The van der Waals surface area contributed by atoms with E-state index in [-0.39, 0.29) is 11.8 Å². The van der Waals surface area contributed by atoms with E-state index in [1.165, 1.54) is 0 Å². The van der Waals surface area contributed by atoms with Gasteiger partial charge in [-0.25, -0.2) is 0 Å². The molecule has 1 aliphatic heterocycles. The summed E-state index contributed by atoms with van der Waals surface area (Å²) in [5.41, 5.74) is 2.24. The van der Waals surface area contributed by atoms with Crippen molar-refractivity contribution in [3.63, 3.8) is 0 Å². The van der Waals surface area contributed by atoms with Gasteiger partial charge in [0.2, 0.25) is 5.91 Å². The van der Waals surface area contributed by atoms with Gasteiger partial charge in [0.25, 0.3) is 5.91 Å². The van der Waals surface area contributed by atoms with Gasteiger partial charge in [-0.2, -0.15) is 0 Å². The van der Waals surface area contributed by atoms with Crippen molar-refractivity contribution < 1.29 is 9.59 Å². The zero-order valence-corrected chi connectivity index (χ0v) is 17.7. The van der Waals surface area contributed by atoms with Crippen LogP contribution in [-0.2, 0) is 4.79 Å². The number of likely N-dealkylation sites (tertiary alicyclic amines) is 1. The summed E-state index contributed by atoms with van der Waals surface area (Å²) < 4.78 is 1.04. The van der Waals surface area contributed by atoms with Gasteiger partial charge in [-0.3, -0.25) is 9.59 Å². The molecule has 2 aromatic rings. The Morgan fingerprint density at radius 3 is 2.52 bits per heavy atom. The quantitative estimate of drug-likeness (QED) is 0.626. The van der Waals surface area contributed by atoms with Crippen molar-refractivity contribution >= 4 is 45.2 Å². The number of nitrogens with zero attached hydrogens (tertiary/aromatic N) is 1. The molecular weight excluding hydrogens is 424 g/mol. The van der Waals surface area contributed by atoms with E-state index in [4.69, 9.17) is 0 Å². The van der Waals surface area contributed by atoms with Crippen molar-refractivity contribution in [2.45, 2.75) is 31.1 Å². The zero-order valence-electron chi connectivity index (χ0n) is 15.3. The third-order valence-electron chi connectivity index (χ3n) is 4.64. The van der Waals surface area contributed by atoms with Crippen molar-refractivity contribution in [1.29, 1.82) is 0 Å². The lowest BCUT2D eigenvalue weighted by Crippen LogP contribution is -2.28. The number of thioether (sulfide) groups is 1. The van der Waals surface area contributed by atoms with Crippen LogP contribution >= 0.6 is 27.7 Å². The summed E-state index contributed by atoms with van der Waals surface area (Å²) in [5.74, 6) is 0.735. The van der Waals surface area contributed by atoms with Crippen LogP contribution in [0, 0.1) is 6.92 Å². The molecule has 1 saturated heterocycles. The third kappa shape index (κ3) is 5.36. The van der Waals surface area contributed by atoms with Crippen molar-refractivity contribution in [1.82, 2.24) is 4.90 Å². The molecule has 1 aliphatic rings. The maximum absolute atomic E-state index is 12.7. The molecule has 142 valence electrons. The van der Waals surface area contributed by atoms with Gasteiger partial charge < -0.3 is 10.2 Å². The predicted molar refractivity (Wildman–Crippen MR) is 114 cm³/mol. The van der Waals surface area contributed by atoms with E-state index in [1.807, 2.05) is 54.3 Å². The molecule has 0 radical (unpaired) electrons. The summed E-state index contributed by atoms with van der Waals surface area (Å²) in [6.07, 6.45) is 2.55. The molecule has 1 fully saturated rings. The SMILES string of the molecule is Cc1c(NC(=O)CCSc2ccc(Br)cc2)cccc1C(=O)N1CCCC1. The largest absolute Gasteiger partial charge is 0.339 e. The van der Waals surface area contributed by atoms with Crippen LogP contribution in [0.4, 0.5) is 5.69 Å². The summed E-state index contributed by atoms with van der Waals surface area (Å²) in [6, 6.07) is 13.6. The Balaban J connectivity index is 1.56. The highest BCUT2D eigenvalue weighted by Gasteiger charge is 2.21. The molecule has 0 aliphatic carbocycles. The summed E-state index contributed by atoms with van der Waals surface area (Å²) in [4.78, 5) is 28.0. The lowest BCUT2D eigenvalue weighted by atomic mass is 10.1. The van der Waals surface area contributed by atoms with Gasteiger partial charge in [-0.1, -0.05) is 22.0 Å². The molecule has 0 bridgehead atoms. The molecule has 27 heavy (non-hydrogen) atoms. The summed E-state index contributed by atoms with van der Waals surface area (Å²) in [7, 11) is 0. The maximum atomic E-state index is 12.7. The highest BCUT2D eigenvalue weighted by molar-refractivity contribution is 9.10. The molecule has 0 saturated carbocycles.